The molecule has 0 atom stereocenters. The zero-order chi connectivity index (χ0) is 16.4. The first-order valence-corrected chi connectivity index (χ1v) is 7.83. The number of esters is 1. The molecule has 0 aliphatic heterocycles. The van der Waals surface area contributed by atoms with Gasteiger partial charge in [0.1, 0.15) is 0 Å². The van der Waals surface area contributed by atoms with Gasteiger partial charge in [-0.25, -0.2) is 0 Å². The first-order valence-electron chi connectivity index (χ1n) is 6.84. The lowest BCUT2D eigenvalue weighted by molar-refractivity contribution is -0.137. The number of hydrogen-bond donors (Lipinski definition) is 0. The van der Waals surface area contributed by atoms with Crippen molar-refractivity contribution in [1.29, 1.82) is 0 Å². The summed E-state index contributed by atoms with van der Waals surface area (Å²) >= 11 is 1.21. The first-order chi connectivity index (χ1) is 11.2. The standard InChI is InChI=1S/C15H14N4O3S/c1-3-8-18-13(21)10-6-4-5-7-11(10)19-14(18)16-17-15(19)23-9-12(20)22-2/h3-7H,1,8-9H2,2H3. The van der Waals surface area contributed by atoms with E-state index < -0.39 is 0 Å². The van der Waals surface area contributed by atoms with Gasteiger partial charge in [0, 0.05) is 6.54 Å². The number of rotatable bonds is 5. The van der Waals surface area contributed by atoms with E-state index in [1.54, 1.807) is 22.6 Å². The molecule has 23 heavy (non-hydrogen) atoms. The monoisotopic (exact) mass is 330 g/mol. The highest BCUT2D eigenvalue weighted by Crippen LogP contribution is 2.21. The number of methoxy groups -OCH3 is 1. The van der Waals surface area contributed by atoms with Gasteiger partial charge >= 0.3 is 5.97 Å². The lowest BCUT2D eigenvalue weighted by atomic mass is 10.2. The molecule has 3 aromatic rings. The van der Waals surface area contributed by atoms with Crippen LogP contribution in [0.5, 0.6) is 0 Å². The molecule has 118 valence electrons. The largest absolute Gasteiger partial charge is 0.468 e. The van der Waals surface area contributed by atoms with Crippen LogP contribution in [0.4, 0.5) is 0 Å². The Morgan fingerprint density at radius 3 is 2.91 bits per heavy atom. The Morgan fingerprint density at radius 1 is 1.39 bits per heavy atom. The van der Waals surface area contributed by atoms with Crippen molar-refractivity contribution < 1.29 is 9.53 Å². The van der Waals surface area contributed by atoms with E-state index in [1.165, 1.54) is 23.4 Å². The molecule has 0 unspecified atom stereocenters. The van der Waals surface area contributed by atoms with Crippen molar-refractivity contribution in [2.24, 2.45) is 0 Å². The molecule has 0 fully saturated rings. The molecule has 3 rings (SSSR count). The molecule has 0 bridgehead atoms. The van der Waals surface area contributed by atoms with Gasteiger partial charge in [-0.2, -0.15) is 0 Å². The van der Waals surface area contributed by atoms with Crippen molar-refractivity contribution in [3.8, 4) is 0 Å². The van der Waals surface area contributed by atoms with Crippen molar-refractivity contribution in [1.82, 2.24) is 19.2 Å². The van der Waals surface area contributed by atoms with Crippen LogP contribution in [0.25, 0.3) is 16.7 Å². The third-order valence-corrected chi connectivity index (χ3v) is 4.24. The van der Waals surface area contributed by atoms with E-state index >= 15 is 0 Å². The highest BCUT2D eigenvalue weighted by atomic mass is 32.2. The summed E-state index contributed by atoms with van der Waals surface area (Å²) in [6, 6.07) is 7.23. The zero-order valence-electron chi connectivity index (χ0n) is 12.4. The fourth-order valence-electron chi connectivity index (χ4n) is 2.30. The van der Waals surface area contributed by atoms with Crippen molar-refractivity contribution in [2.45, 2.75) is 11.7 Å². The van der Waals surface area contributed by atoms with Crippen LogP contribution >= 0.6 is 11.8 Å². The van der Waals surface area contributed by atoms with E-state index in [2.05, 4.69) is 21.5 Å². The number of fused-ring (bicyclic) bond motifs is 3. The molecule has 1 aromatic carbocycles. The van der Waals surface area contributed by atoms with Crippen LogP contribution < -0.4 is 5.56 Å². The van der Waals surface area contributed by atoms with Crippen molar-refractivity contribution in [3.05, 3.63) is 47.3 Å². The number of thioether (sulfide) groups is 1. The average Bonchev–Trinajstić information content (AvgIpc) is 3.00. The predicted octanol–water partition coefficient (Wildman–Crippen LogP) is 1.50. The number of para-hydroxylation sites is 1. The van der Waals surface area contributed by atoms with Gasteiger partial charge in [0.15, 0.2) is 5.16 Å². The molecule has 0 saturated heterocycles. The summed E-state index contributed by atoms with van der Waals surface area (Å²) in [5, 5.41) is 9.30. The minimum atomic E-state index is -0.351. The molecule has 0 N–H and O–H groups in total. The molecule has 2 heterocycles. The predicted molar refractivity (Wildman–Crippen MR) is 87.7 cm³/mol. The maximum absolute atomic E-state index is 12.6. The molecule has 0 aliphatic rings. The second kappa shape index (κ2) is 6.25. The summed E-state index contributed by atoms with van der Waals surface area (Å²) < 4.78 is 7.92. The third kappa shape index (κ3) is 2.61. The molecule has 8 heteroatoms. The van der Waals surface area contributed by atoms with Gasteiger partial charge in [-0.05, 0) is 12.1 Å². The molecular formula is C15H14N4O3S. The van der Waals surface area contributed by atoms with E-state index in [9.17, 15) is 9.59 Å². The van der Waals surface area contributed by atoms with E-state index in [-0.39, 0.29) is 17.3 Å². The Labute approximate surface area is 135 Å². The number of hydrogen-bond acceptors (Lipinski definition) is 6. The highest BCUT2D eigenvalue weighted by Gasteiger charge is 2.16. The summed E-state index contributed by atoms with van der Waals surface area (Å²) in [4.78, 5) is 24.0. The molecular weight excluding hydrogens is 316 g/mol. The van der Waals surface area contributed by atoms with Gasteiger partial charge in [0.05, 0.1) is 23.8 Å². The van der Waals surface area contributed by atoms with Crippen LogP contribution in [0.3, 0.4) is 0 Å². The van der Waals surface area contributed by atoms with Crippen LogP contribution in [0.2, 0.25) is 0 Å². The lowest BCUT2D eigenvalue weighted by Crippen LogP contribution is -2.22. The number of carbonyl (C=O) groups excluding carboxylic acids is 1. The van der Waals surface area contributed by atoms with Gasteiger partial charge in [0.2, 0.25) is 5.78 Å². The van der Waals surface area contributed by atoms with E-state index in [0.717, 1.165) is 0 Å². The molecule has 0 amide bonds. The van der Waals surface area contributed by atoms with Crippen LogP contribution in [0.15, 0.2) is 46.9 Å². The van der Waals surface area contributed by atoms with Gasteiger partial charge in [-0.1, -0.05) is 30.0 Å². The SMILES string of the molecule is C=CCn1c(=O)c2ccccc2n2c(SCC(=O)OC)nnc12. The second-order valence-corrected chi connectivity index (χ2v) is 5.65. The van der Waals surface area contributed by atoms with Crippen molar-refractivity contribution in [3.63, 3.8) is 0 Å². The topological polar surface area (TPSA) is 78.5 Å². The number of benzene rings is 1. The highest BCUT2D eigenvalue weighted by molar-refractivity contribution is 7.99. The van der Waals surface area contributed by atoms with Crippen molar-refractivity contribution in [2.75, 3.05) is 12.9 Å². The maximum Gasteiger partial charge on any atom is 0.316 e. The number of ether oxygens (including phenoxy) is 1. The van der Waals surface area contributed by atoms with Crippen LogP contribution in [0, 0.1) is 0 Å². The summed E-state index contributed by atoms with van der Waals surface area (Å²) in [6.07, 6.45) is 1.63. The Hall–Kier alpha value is -2.61. The lowest BCUT2D eigenvalue weighted by Gasteiger charge is -2.09. The molecule has 2 aromatic heterocycles. The number of nitrogens with zero attached hydrogens (tertiary/aromatic N) is 4. The van der Waals surface area contributed by atoms with Gasteiger partial charge in [-0.3, -0.25) is 18.6 Å². The van der Waals surface area contributed by atoms with Crippen LogP contribution in [-0.4, -0.2) is 38.0 Å². The van der Waals surface area contributed by atoms with Gasteiger partial charge in [-0.15, -0.1) is 16.8 Å². The maximum atomic E-state index is 12.6. The number of carbonyl (C=O) groups is 1. The Bertz CT molecular complexity index is 960. The second-order valence-electron chi connectivity index (χ2n) is 4.70. The number of aromatic nitrogens is 4. The fraction of sp³-hybridized carbons (Fsp3) is 0.200. The summed E-state index contributed by atoms with van der Waals surface area (Å²) in [7, 11) is 1.34. The van der Waals surface area contributed by atoms with Gasteiger partial charge < -0.3 is 4.74 Å². The minimum Gasteiger partial charge on any atom is -0.468 e. The van der Waals surface area contributed by atoms with E-state index in [4.69, 9.17) is 0 Å². The smallest absolute Gasteiger partial charge is 0.316 e. The molecule has 0 aliphatic carbocycles. The average molecular weight is 330 g/mol. The van der Waals surface area contributed by atoms with Crippen LogP contribution in [0.1, 0.15) is 0 Å². The molecule has 0 saturated carbocycles. The third-order valence-electron chi connectivity index (χ3n) is 3.34. The molecule has 0 spiro atoms. The summed E-state index contributed by atoms with van der Waals surface area (Å²) in [5.74, 6) is 0.183. The Morgan fingerprint density at radius 2 is 2.17 bits per heavy atom. The van der Waals surface area contributed by atoms with Gasteiger partial charge in [0.25, 0.3) is 5.56 Å². The zero-order valence-corrected chi connectivity index (χ0v) is 13.2. The Balaban J connectivity index is 2.27. The normalized spacial score (nSPS) is 11.0. The summed E-state index contributed by atoms with van der Waals surface area (Å²) in [5.41, 5.74) is 0.551. The Kier molecular flexibility index (Phi) is 4.16. The van der Waals surface area contributed by atoms with Crippen LogP contribution in [-0.2, 0) is 16.1 Å². The number of allylic oxidation sites excluding steroid dienone is 1. The minimum absolute atomic E-state index is 0.117. The first kappa shape index (κ1) is 15.3. The molecule has 0 radical (unpaired) electrons. The molecule has 7 nitrogen and oxygen atoms in total. The van der Waals surface area contributed by atoms with Crippen molar-refractivity contribution >= 4 is 34.4 Å². The quantitative estimate of drug-likeness (QED) is 0.401. The van der Waals surface area contributed by atoms with E-state index in [1.807, 2.05) is 12.1 Å². The fourth-order valence-corrected chi connectivity index (χ4v) is 3.08. The van der Waals surface area contributed by atoms with E-state index in [0.29, 0.717) is 28.4 Å². The summed E-state index contributed by atoms with van der Waals surface area (Å²) in [6.45, 7) is 4.00.